The lowest BCUT2D eigenvalue weighted by Crippen LogP contribution is -2.74. The van der Waals surface area contributed by atoms with Crippen molar-refractivity contribution in [2.75, 3.05) is 25.2 Å². The lowest BCUT2D eigenvalue weighted by atomic mass is 9.96. The number of amides is 4. The Bertz CT molecular complexity index is 774. The highest BCUT2D eigenvalue weighted by atomic mass is 32.2. The molecule has 3 rings (SSSR count). The van der Waals surface area contributed by atoms with Gasteiger partial charge in [0.1, 0.15) is 5.01 Å². The third-order valence-corrected chi connectivity index (χ3v) is 7.21. The number of aryl methyl sites for hydroxylation is 1. The minimum atomic E-state index is -0.484. The first-order valence-corrected chi connectivity index (χ1v) is 11.5. The summed E-state index contributed by atoms with van der Waals surface area (Å²) in [6.07, 6.45) is 2.12. The number of fused-ring (bicyclic) bond motifs is 1. The van der Waals surface area contributed by atoms with Crippen molar-refractivity contribution in [3.8, 4) is 0 Å². The van der Waals surface area contributed by atoms with Gasteiger partial charge in [-0.3, -0.25) is 30.4 Å². The highest BCUT2D eigenvalue weighted by molar-refractivity contribution is 8.00. The molecule has 2 aliphatic rings. The first-order chi connectivity index (χ1) is 13.8. The van der Waals surface area contributed by atoms with Crippen molar-refractivity contribution >= 4 is 46.1 Å². The molecule has 4 amide bonds. The Morgan fingerprint density at radius 2 is 2.00 bits per heavy atom. The summed E-state index contributed by atoms with van der Waals surface area (Å²) in [5.41, 5.74) is 0. The van der Waals surface area contributed by atoms with Crippen LogP contribution in [-0.4, -0.2) is 75.4 Å². The Kier molecular flexibility index (Phi) is 7.09. The minimum Gasteiger partial charge on any atom is -0.311 e. The molecule has 0 aliphatic carbocycles. The maximum atomic E-state index is 12.8. The van der Waals surface area contributed by atoms with Crippen molar-refractivity contribution in [3.05, 3.63) is 5.01 Å². The van der Waals surface area contributed by atoms with Gasteiger partial charge in [-0.2, -0.15) is 0 Å². The lowest BCUT2D eigenvalue weighted by Gasteiger charge is -2.50. The average Bonchev–Trinajstić information content (AvgIpc) is 3.16. The molecule has 160 valence electrons. The molecule has 3 heterocycles. The highest BCUT2D eigenvalue weighted by Crippen LogP contribution is 2.32. The van der Waals surface area contributed by atoms with E-state index in [4.69, 9.17) is 0 Å². The molecule has 0 bridgehead atoms. The van der Waals surface area contributed by atoms with Gasteiger partial charge in [0, 0.05) is 14.1 Å². The quantitative estimate of drug-likeness (QED) is 0.571. The van der Waals surface area contributed by atoms with E-state index in [0.717, 1.165) is 29.2 Å². The van der Waals surface area contributed by atoms with Crippen LogP contribution in [0.2, 0.25) is 0 Å². The number of urea groups is 1. The molecule has 4 unspecified atom stereocenters. The van der Waals surface area contributed by atoms with Gasteiger partial charge in [-0.25, -0.2) is 4.79 Å². The molecule has 10 nitrogen and oxygen atoms in total. The summed E-state index contributed by atoms with van der Waals surface area (Å²) >= 11 is 2.72. The van der Waals surface area contributed by atoms with Crippen molar-refractivity contribution in [1.29, 1.82) is 0 Å². The summed E-state index contributed by atoms with van der Waals surface area (Å²) in [4.78, 5) is 40.3. The predicted octanol–water partition coefficient (Wildman–Crippen LogP) is 0.883. The van der Waals surface area contributed by atoms with E-state index in [9.17, 15) is 14.4 Å². The largest absolute Gasteiger partial charge is 0.327 e. The van der Waals surface area contributed by atoms with Crippen LogP contribution in [0.1, 0.15) is 31.7 Å². The molecule has 0 spiro atoms. The number of nitrogens with zero attached hydrogens (tertiary/aromatic N) is 4. The number of rotatable bonds is 7. The normalized spacial score (nSPS) is 27.2. The topological polar surface area (TPSA) is 120 Å². The number of hydrogen-bond acceptors (Lipinski definition) is 9. The van der Waals surface area contributed by atoms with Gasteiger partial charge >= 0.3 is 6.03 Å². The number of anilines is 1. The number of thioether (sulfide) groups is 1. The molecule has 3 N–H and O–H groups in total. The zero-order valence-corrected chi connectivity index (χ0v) is 18.6. The predicted molar refractivity (Wildman–Crippen MR) is 112 cm³/mol. The molecular formula is C17H27N7O3S2. The fourth-order valence-corrected chi connectivity index (χ4v) is 5.32. The van der Waals surface area contributed by atoms with Crippen LogP contribution in [0.3, 0.4) is 0 Å². The van der Waals surface area contributed by atoms with Crippen LogP contribution >= 0.6 is 23.1 Å². The minimum absolute atomic E-state index is 0.0384. The molecule has 0 saturated carbocycles. The molecule has 2 fully saturated rings. The van der Waals surface area contributed by atoms with Gasteiger partial charge in [0.2, 0.25) is 16.9 Å². The Morgan fingerprint density at radius 3 is 2.66 bits per heavy atom. The monoisotopic (exact) mass is 441 g/mol. The first-order valence-electron chi connectivity index (χ1n) is 9.66. The molecule has 4 atom stereocenters. The molecule has 2 aliphatic heterocycles. The summed E-state index contributed by atoms with van der Waals surface area (Å²) in [6, 6.07) is -0.328. The second kappa shape index (κ2) is 9.37. The van der Waals surface area contributed by atoms with Gasteiger partial charge < -0.3 is 4.90 Å². The van der Waals surface area contributed by atoms with Crippen LogP contribution in [0, 0.1) is 5.92 Å². The van der Waals surface area contributed by atoms with E-state index in [0.29, 0.717) is 5.13 Å². The van der Waals surface area contributed by atoms with Crippen molar-refractivity contribution < 1.29 is 14.4 Å². The van der Waals surface area contributed by atoms with E-state index in [-0.39, 0.29) is 35.1 Å². The van der Waals surface area contributed by atoms with E-state index in [2.05, 4.69) is 33.1 Å². The SMILES string of the molecule is CCCC1NC(SCC(=O)Nc2nnc(CC)s2)C2C(=O)N(C)C(=O)N(C)C2N1. The Morgan fingerprint density at radius 1 is 1.24 bits per heavy atom. The van der Waals surface area contributed by atoms with Crippen molar-refractivity contribution in [3.63, 3.8) is 0 Å². The second-order valence-electron chi connectivity index (χ2n) is 7.07. The molecule has 29 heavy (non-hydrogen) atoms. The summed E-state index contributed by atoms with van der Waals surface area (Å²) in [7, 11) is 3.18. The number of aromatic nitrogens is 2. The molecule has 0 aromatic carbocycles. The highest BCUT2D eigenvalue weighted by Gasteiger charge is 2.50. The molecule has 1 aromatic heterocycles. The van der Waals surface area contributed by atoms with Crippen LogP contribution < -0.4 is 16.0 Å². The third kappa shape index (κ3) is 4.71. The zero-order valence-electron chi connectivity index (χ0n) is 17.0. The molecule has 1 aromatic rings. The Labute approximate surface area is 178 Å². The molecule has 0 radical (unpaired) electrons. The van der Waals surface area contributed by atoms with Crippen molar-refractivity contribution in [2.45, 2.75) is 50.8 Å². The zero-order chi connectivity index (χ0) is 21.1. The first kappa shape index (κ1) is 21.9. The third-order valence-electron chi connectivity index (χ3n) is 5.01. The fraction of sp³-hybridized carbons (Fsp3) is 0.706. The standard InChI is InChI=1S/C17H27N7O3S2/c1-5-7-9-18-13-12(15(26)24(4)17(27)23(13)3)14(19-9)28-8-10(25)20-16-22-21-11(6-2)29-16/h9,12-14,18-19H,5-8H2,1-4H3,(H,20,22,25). The molecular weight excluding hydrogens is 414 g/mol. The Hall–Kier alpha value is -1.76. The van der Waals surface area contributed by atoms with Crippen LogP contribution in [0.4, 0.5) is 9.93 Å². The Balaban J connectivity index is 1.68. The van der Waals surface area contributed by atoms with Gasteiger partial charge in [-0.15, -0.1) is 22.0 Å². The van der Waals surface area contributed by atoms with Gasteiger partial charge in [0.15, 0.2) is 0 Å². The summed E-state index contributed by atoms with van der Waals surface area (Å²) in [5.74, 6) is -0.765. The van der Waals surface area contributed by atoms with E-state index in [1.807, 2.05) is 6.92 Å². The molecule has 12 heteroatoms. The maximum Gasteiger partial charge on any atom is 0.327 e. The number of carbonyl (C=O) groups excluding carboxylic acids is 3. The number of carbonyl (C=O) groups is 3. The van der Waals surface area contributed by atoms with Gasteiger partial charge in [0.25, 0.3) is 0 Å². The van der Waals surface area contributed by atoms with Gasteiger partial charge in [0.05, 0.1) is 29.4 Å². The van der Waals surface area contributed by atoms with Gasteiger partial charge in [-0.05, 0) is 12.8 Å². The number of hydrogen-bond donors (Lipinski definition) is 3. The smallest absolute Gasteiger partial charge is 0.311 e. The van der Waals surface area contributed by atoms with E-state index < -0.39 is 12.1 Å². The van der Waals surface area contributed by atoms with Crippen LogP contribution in [0.25, 0.3) is 0 Å². The van der Waals surface area contributed by atoms with E-state index in [1.54, 1.807) is 11.9 Å². The number of nitrogens with one attached hydrogen (secondary N) is 3. The van der Waals surface area contributed by atoms with E-state index >= 15 is 0 Å². The van der Waals surface area contributed by atoms with Crippen molar-refractivity contribution in [1.82, 2.24) is 30.6 Å². The summed E-state index contributed by atoms with van der Waals surface area (Å²) in [6.45, 7) is 4.06. The maximum absolute atomic E-state index is 12.8. The summed E-state index contributed by atoms with van der Waals surface area (Å²) in [5, 5.41) is 18.6. The van der Waals surface area contributed by atoms with Crippen molar-refractivity contribution in [2.24, 2.45) is 5.92 Å². The second-order valence-corrected chi connectivity index (χ2v) is 9.26. The average molecular weight is 442 g/mol. The lowest BCUT2D eigenvalue weighted by molar-refractivity contribution is -0.140. The van der Waals surface area contributed by atoms with E-state index in [1.165, 1.54) is 30.1 Å². The van der Waals surface area contributed by atoms with Gasteiger partial charge in [-0.1, -0.05) is 31.6 Å². The molecule has 2 saturated heterocycles. The summed E-state index contributed by atoms with van der Waals surface area (Å²) < 4.78 is 0. The van der Waals surface area contributed by atoms with Crippen LogP contribution in [0.15, 0.2) is 0 Å². The number of imide groups is 1. The van der Waals surface area contributed by atoms with Crippen LogP contribution in [-0.2, 0) is 16.0 Å². The van der Waals surface area contributed by atoms with Crippen LogP contribution in [0.5, 0.6) is 0 Å². The fourth-order valence-electron chi connectivity index (χ4n) is 3.49.